The third kappa shape index (κ3) is 3.71. The lowest BCUT2D eigenvalue weighted by atomic mass is 9.87. The van der Waals surface area contributed by atoms with E-state index in [0.717, 1.165) is 24.4 Å². The minimum absolute atomic E-state index is 0.393. The molecule has 18 heavy (non-hydrogen) atoms. The van der Waals surface area contributed by atoms with Crippen molar-refractivity contribution in [2.45, 2.75) is 44.8 Å². The quantitative estimate of drug-likeness (QED) is 0.875. The van der Waals surface area contributed by atoms with Crippen molar-refractivity contribution in [3.05, 3.63) is 34.9 Å². The first-order valence-corrected chi connectivity index (χ1v) is 7.23. The van der Waals surface area contributed by atoms with Gasteiger partial charge in [0.2, 0.25) is 0 Å². The van der Waals surface area contributed by atoms with Gasteiger partial charge in [-0.2, -0.15) is 0 Å². The summed E-state index contributed by atoms with van der Waals surface area (Å²) >= 11 is 5.85. The summed E-state index contributed by atoms with van der Waals surface area (Å²) in [5, 5.41) is 14.5. The average Bonchev–Trinajstić information content (AvgIpc) is 2.39. The Hall–Kier alpha value is -0.570. The van der Waals surface area contributed by atoms with Crippen LogP contribution in [-0.4, -0.2) is 17.7 Å². The monoisotopic (exact) mass is 267 g/mol. The van der Waals surface area contributed by atoms with Crippen molar-refractivity contribution in [3.8, 4) is 0 Å². The van der Waals surface area contributed by atoms with E-state index in [2.05, 4.69) is 12.2 Å². The molecule has 0 bridgehead atoms. The molecular weight excluding hydrogens is 246 g/mol. The maximum Gasteiger partial charge on any atom is 0.0804 e. The molecule has 2 rings (SSSR count). The molecule has 0 spiro atoms. The van der Waals surface area contributed by atoms with Crippen molar-refractivity contribution in [1.29, 1.82) is 0 Å². The molecule has 2 nitrogen and oxygen atoms in total. The summed E-state index contributed by atoms with van der Waals surface area (Å²) in [6.45, 7) is 3.33. The van der Waals surface area contributed by atoms with Crippen molar-refractivity contribution in [2.75, 3.05) is 6.54 Å². The topological polar surface area (TPSA) is 32.3 Å². The van der Waals surface area contributed by atoms with Crippen molar-refractivity contribution in [3.63, 3.8) is 0 Å². The predicted octanol–water partition coefficient (Wildman–Crippen LogP) is 3.54. The van der Waals surface area contributed by atoms with Crippen LogP contribution in [0.2, 0.25) is 5.02 Å². The van der Waals surface area contributed by atoms with Gasteiger partial charge in [-0.3, -0.25) is 0 Å². The summed E-state index contributed by atoms with van der Waals surface area (Å²) in [5.41, 5.74) is 0.958. The lowest BCUT2D eigenvalue weighted by Gasteiger charge is -2.31. The number of piperidine rings is 1. The van der Waals surface area contributed by atoms with Crippen LogP contribution in [0, 0.1) is 5.92 Å². The number of hydrogen-bond acceptors (Lipinski definition) is 2. The molecular formula is C15H22ClNO. The van der Waals surface area contributed by atoms with Gasteiger partial charge in [0.1, 0.15) is 0 Å². The molecule has 0 radical (unpaired) electrons. The highest BCUT2D eigenvalue weighted by Gasteiger charge is 2.22. The fourth-order valence-corrected chi connectivity index (χ4v) is 2.86. The molecule has 1 aliphatic heterocycles. The fraction of sp³-hybridized carbons (Fsp3) is 0.600. The summed E-state index contributed by atoms with van der Waals surface area (Å²) in [6.07, 6.45) is 4.09. The molecule has 3 heteroatoms. The molecule has 0 aliphatic carbocycles. The zero-order valence-electron chi connectivity index (χ0n) is 10.9. The predicted molar refractivity (Wildman–Crippen MR) is 75.8 cm³/mol. The Morgan fingerprint density at radius 1 is 1.39 bits per heavy atom. The van der Waals surface area contributed by atoms with Gasteiger partial charge in [-0.1, -0.05) is 37.1 Å². The first kappa shape index (κ1) is 13.9. The molecule has 1 aromatic carbocycles. The number of benzene rings is 1. The largest absolute Gasteiger partial charge is 0.388 e. The van der Waals surface area contributed by atoms with E-state index in [1.807, 2.05) is 24.3 Å². The van der Waals surface area contributed by atoms with Crippen LogP contribution in [0.3, 0.4) is 0 Å². The van der Waals surface area contributed by atoms with Crippen molar-refractivity contribution in [2.24, 2.45) is 5.92 Å². The van der Waals surface area contributed by atoms with E-state index >= 15 is 0 Å². The van der Waals surface area contributed by atoms with Gasteiger partial charge >= 0.3 is 0 Å². The Labute approximate surface area is 114 Å². The van der Waals surface area contributed by atoms with Crippen molar-refractivity contribution in [1.82, 2.24) is 5.32 Å². The maximum absolute atomic E-state index is 10.2. The van der Waals surface area contributed by atoms with Crippen LogP contribution in [0.5, 0.6) is 0 Å². The van der Waals surface area contributed by atoms with Gasteiger partial charge in [0.05, 0.1) is 6.10 Å². The number of aliphatic hydroxyl groups is 1. The van der Waals surface area contributed by atoms with E-state index in [-0.39, 0.29) is 0 Å². The smallest absolute Gasteiger partial charge is 0.0804 e. The molecule has 0 aromatic heterocycles. The normalized spacial score (nSPS) is 25.9. The highest BCUT2D eigenvalue weighted by molar-refractivity contribution is 6.30. The molecule has 0 saturated carbocycles. The first-order chi connectivity index (χ1) is 8.69. The summed E-state index contributed by atoms with van der Waals surface area (Å²) in [5.74, 6) is 0.814. The highest BCUT2D eigenvalue weighted by atomic mass is 35.5. The van der Waals surface area contributed by atoms with Crippen LogP contribution in [0.4, 0.5) is 0 Å². The number of halogens is 1. The van der Waals surface area contributed by atoms with E-state index in [1.165, 1.54) is 19.3 Å². The van der Waals surface area contributed by atoms with Crippen LogP contribution in [0.1, 0.15) is 44.3 Å². The van der Waals surface area contributed by atoms with Crippen LogP contribution >= 0.6 is 11.6 Å². The van der Waals surface area contributed by atoms with Crippen molar-refractivity contribution >= 4 is 11.6 Å². The Morgan fingerprint density at radius 2 is 2.11 bits per heavy atom. The van der Waals surface area contributed by atoms with Crippen LogP contribution in [0.15, 0.2) is 24.3 Å². The number of hydrogen-bond donors (Lipinski definition) is 2. The standard InChI is InChI=1S/C15H22ClNO/c1-2-11-7-8-17-14(9-11)10-15(18)12-3-5-13(16)6-4-12/h3-6,11,14-15,17-18H,2,7-10H2,1H3. The second-order valence-corrected chi connectivity index (χ2v) is 5.69. The molecule has 0 amide bonds. The van der Waals surface area contributed by atoms with Gasteiger partial charge in [-0.15, -0.1) is 0 Å². The molecule has 3 unspecified atom stereocenters. The van der Waals surface area contributed by atoms with Gasteiger partial charge in [-0.05, 0) is 49.4 Å². The molecule has 3 atom stereocenters. The minimum atomic E-state index is -0.393. The van der Waals surface area contributed by atoms with Gasteiger partial charge in [0.15, 0.2) is 0 Å². The van der Waals surface area contributed by atoms with Crippen LogP contribution < -0.4 is 5.32 Å². The highest BCUT2D eigenvalue weighted by Crippen LogP contribution is 2.26. The number of aliphatic hydroxyl groups excluding tert-OH is 1. The molecule has 1 saturated heterocycles. The summed E-state index contributed by atoms with van der Waals surface area (Å²) in [7, 11) is 0. The molecule has 2 N–H and O–H groups in total. The summed E-state index contributed by atoms with van der Waals surface area (Å²) < 4.78 is 0. The zero-order valence-corrected chi connectivity index (χ0v) is 11.7. The van der Waals surface area contributed by atoms with Crippen LogP contribution in [-0.2, 0) is 0 Å². The zero-order chi connectivity index (χ0) is 13.0. The lowest BCUT2D eigenvalue weighted by molar-refractivity contribution is 0.136. The molecule has 1 heterocycles. The SMILES string of the molecule is CCC1CCNC(CC(O)c2ccc(Cl)cc2)C1. The Morgan fingerprint density at radius 3 is 2.78 bits per heavy atom. The second-order valence-electron chi connectivity index (χ2n) is 5.25. The Kier molecular flexibility index (Phi) is 5.04. The lowest BCUT2D eigenvalue weighted by Crippen LogP contribution is -2.38. The minimum Gasteiger partial charge on any atom is -0.388 e. The third-order valence-electron chi connectivity index (χ3n) is 3.94. The Balaban J connectivity index is 1.90. The van der Waals surface area contributed by atoms with E-state index < -0.39 is 6.10 Å². The molecule has 1 fully saturated rings. The third-order valence-corrected chi connectivity index (χ3v) is 4.20. The number of rotatable bonds is 4. The van der Waals surface area contributed by atoms with E-state index in [0.29, 0.717) is 11.1 Å². The van der Waals surface area contributed by atoms with Gasteiger partial charge in [0, 0.05) is 11.1 Å². The van der Waals surface area contributed by atoms with Gasteiger partial charge in [-0.25, -0.2) is 0 Å². The maximum atomic E-state index is 10.2. The average molecular weight is 268 g/mol. The van der Waals surface area contributed by atoms with E-state index in [9.17, 15) is 5.11 Å². The Bertz CT molecular complexity index is 365. The van der Waals surface area contributed by atoms with Gasteiger partial charge < -0.3 is 10.4 Å². The second kappa shape index (κ2) is 6.55. The van der Waals surface area contributed by atoms with Gasteiger partial charge in [0.25, 0.3) is 0 Å². The summed E-state index contributed by atoms with van der Waals surface area (Å²) in [6, 6.07) is 7.93. The van der Waals surface area contributed by atoms with E-state index in [1.54, 1.807) is 0 Å². The number of nitrogens with one attached hydrogen (secondary N) is 1. The first-order valence-electron chi connectivity index (χ1n) is 6.86. The molecule has 1 aliphatic rings. The summed E-state index contributed by atoms with van der Waals surface area (Å²) in [4.78, 5) is 0. The molecule has 1 aromatic rings. The molecule has 100 valence electrons. The van der Waals surface area contributed by atoms with Crippen LogP contribution in [0.25, 0.3) is 0 Å². The van der Waals surface area contributed by atoms with E-state index in [4.69, 9.17) is 11.6 Å². The fourth-order valence-electron chi connectivity index (χ4n) is 2.74. The van der Waals surface area contributed by atoms with Crippen molar-refractivity contribution < 1.29 is 5.11 Å².